The number of rotatable bonds is 6. The van der Waals surface area contributed by atoms with E-state index in [4.69, 9.17) is 9.84 Å². The lowest BCUT2D eigenvalue weighted by molar-refractivity contribution is -0.141. The van der Waals surface area contributed by atoms with Crippen molar-refractivity contribution in [3.05, 3.63) is 59.7 Å². The Hall–Kier alpha value is -3.35. The molecule has 1 atom stereocenters. The molecule has 1 fully saturated rings. The Kier molecular flexibility index (Phi) is 4.74. The Morgan fingerprint density at radius 2 is 1.62 bits per heavy atom. The topological polar surface area (TPSA) is 105 Å². The Labute approximate surface area is 168 Å². The molecule has 3 N–H and O–H groups in total. The summed E-state index contributed by atoms with van der Waals surface area (Å²) in [7, 11) is 0. The zero-order chi connectivity index (χ0) is 20.6. The van der Waals surface area contributed by atoms with E-state index >= 15 is 0 Å². The first-order valence-electron chi connectivity index (χ1n) is 9.58. The highest BCUT2D eigenvalue weighted by Crippen LogP contribution is 2.44. The van der Waals surface area contributed by atoms with E-state index in [2.05, 4.69) is 22.8 Å². The van der Waals surface area contributed by atoms with E-state index in [1.807, 2.05) is 36.4 Å². The fourth-order valence-electron chi connectivity index (χ4n) is 3.76. The quantitative estimate of drug-likeness (QED) is 0.699. The molecule has 0 spiro atoms. The second-order valence-electron chi connectivity index (χ2n) is 7.57. The summed E-state index contributed by atoms with van der Waals surface area (Å²) in [6.45, 7) is 1.53. The predicted octanol–water partition coefficient (Wildman–Crippen LogP) is 2.65. The molecule has 29 heavy (non-hydrogen) atoms. The number of carbonyl (C=O) groups excluding carboxylic acids is 2. The van der Waals surface area contributed by atoms with Gasteiger partial charge >= 0.3 is 12.1 Å². The molecule has 2 aromatic rings. The number of amides is 2. The van der Waals surface area contributed by atoms with E-state index in [1.54, 1.807) is 0 Å². The lowest BCUT2D eigenvalue weighted by Gasteiger charge is -2.20. The maximum Gasteiger partial charge on any atom is 0.408 e. The summed E-state index contributed by atoms with van der Waals surface area (Å²) < 4.78 is 5.47. The molecule has 0 radical (unpaired) electrons. The second-order valence-corrected chi connectivity index (χ2v) is 7.57. The summed E-state index contributed by atoms with van der Waals surface area (Å²) in [6.07, 6.45) is 0.229. The van der Waals surface area contributed by atoms with E-state index in [-0.39, 0.29) is 12.5 Å². The molecular weight excluding hydrogens is 372 g/mol. The highest BCUT2D eigenvalue weighted by Gasteiger charge is 2.52. The molecule has 2 aliphatic rings. The number of carboxylic acid groups (broad SMARTS) is 1. The SMILES string of the molecule is C[C@@H](NC(=O)C1(NC(=O)OCC2c3ccccc3-c3ccccc32)CC1)C(=O)O. The van der Waals surface area contributed by atoms with Crippen LogP contribution in [-0.4, -0.2) is 41.3 Å². The number of benzene rings is 2. The van der Waals surface area contributed by atoms with Gasteiger partial charge in [0, 0.05) is 5.92 Å². The molecular formula is C22H22N2O5. The summed E-state index contributed by atoms with van der Waals surface area (Å²) in [5.74, 6) is -1.69. The van der Waals surface area contributed by atoms with E-state index in [0.29, 0.717) is 12.8 Å². The van der Waals surface area contributed by atoms with Crippen molar-refractivity contribution in [2.45, 2.75) is 37.3 Å². The molecule has 0 aromatic heterocycles. The first kappa shape index (κ1) is 19.0. The van der Waals surface area contributed by atoms with Crippen molar-refractivity contribution in [3.63, 3.8) is 0 Å². The third kappa shape index (κ3) is 3.55. The molecule has 7 nitrogen and oxygen atoms in total. The summed E-state index contributed by atoms with van der Waals surface area (Å²) in [5.41, 5.74) is 3.41. The largest absolute Gasteiger partial charge is 0.480 e. The molecule has 2 aromatic carbocycles. The first-order chi connectivity index (χ1) is 13.9. The van der Waals surface area contributed by atoms with Crippen LogP contribution >= 0.6 is 0 Å². The highest BCUT2D eigenvalue weighted by molar-refractivity contribution is 5.95. The molecule has 1 saturated carbocycles. The molecule has 7 heteroatoms. The van der Waals surface area contributed by atoms with Crippen molar-refractivity contribution >= 4 is 18.0 Å². The number of aliphatic carboxylic acids is 1. The van der Waals surface area contributed by atoms with Gasteiger partial charge in [-0.15, -0.1) is 0 Å². The maximum atomic E-state index is 12.4. The van der Waals surface area contributed by atoms with Gasteiger partial charge < -0.3 is 20.5 Å². The number of ether oxygens (including phenoxy) is 1. The van der Waals surface area contributed by atoms with Crippen LogP contribution in [0.5, 0.6) is 0 Å². The van der Waals surface area contributed by atoms with Gasteiger partial charge in [-0.25, -0.2) is 4.79 Å². The lowest BCUT2D eigenvalue weighted by Crippen LogP contribution is -2.52. The van der Waals surface area contributed by atoms with Crippen LogP contribution in [0.3, 0.4) is 0 Å². The Bertz CT molecular complexity index is 937. The molecule has 2 amide bonds. The van der Waals surface area contributed by atoms with Gasteiger partial charge in [0.15, 0.2) is 0 Å². The van der Waals surface area contributed by atoms with Crippen LogP contribution in [-0.2, 0) is 14.3 Å². The number of fused-ring (bicyclic) bond motifs is 3. The predicted molar refractivity (Wildman–Crippen MR) is 105 cm³/mol. The minimum absolute atomic E-state index is 0.0656. The van der Waals surface area contributed by atoms with Crippen molar-refractivity contribution in [2.24, 2.45) is 0 Å². The summed E-state index contributed by atoms with van der Waals surface area (Å²) in [5, 5.41) is 14.0. The summed E-state index contributed by atoms with van der Waals surface area (Å²) in [6, 6.07) is 15.1. The van der Waals surface area contributed by atoms with E-state index in [0.717, 1.165) is 22.3 Å². The minimum Gasteiger partial charge on any atom is -0.480 e. The van der Waals surface area contributed by atoms with Gasteiger partial charge in [-0.2, -0.15) is 0 Å². The fourth-order valence-corrected chi connectivity index (χ4v) is 3.76. The molecule has 0 unspecified atom stereocenters. The standard InChI is InChI=1S/C22H22N2O5/c1-13(19(25)26)23-20(27)22(10-11-22)24-21(28)29-12-18-16-8-4-2-6-14(16)15-7-3-5-9-17(15)18/h2-9,13,18H,10-12H2,1H3,(H,23,27)(H,24,28)(H,25,26)/t13-/m1/s1. The molecule has 0 heterocycles. The van der Waals surface area contributed by atoms with Crippen LogP contribution in [0.15, 0.2) is 48.5 Å². The summed E-state index contributed by atoms with van der Waals surface area (Å²) >= 11 is 0. The van der Waals surface area contributed by atoms with Gasteiger partial charge in [0.2, 0.25) is 5.91 Å². The maximum absolute atomic E-state index is 12.4. The zero-order valence-corrected chi connectivity index (χ0v) is 16.0. The van der Waals surface area contributed by atoms with Crippen LogP contribution < -0.4 is 10.6 Å². The Balaban J connectivity index is 1.41. The smallest absolute Gasteiger partial charge is 0.408 e. The zero-order valence-electron chi connectivity index (χ0n) is 16.0. The van der Waals surface area contributed by atoms with Crippen LogP contribution in [0.25, 0.3) is 11.1 Å². The number of hydrogen-bond acceptors (Lipinski definition) is 4. The Morgan fingerprint density at radius 1 is 1.07 bits per heavy atom. The third-order valence-electron chi connectivity index (χ3n) is 5.59. The van der Waals surface area contributed by atoms with E-state index < -0.39 is 29.6 Å². The van der Waals surface area contributed by atoms with Gasteiger partial charge in [-0.3, -0.25) is 9.59 Å². The van der Waals surface area contributed by atoms with Crippen molar-refractivity contribution in [2.75, 3.05) is 6.61 Å². The average Bonchev–Trinajstić information content (AvgIpc) is 3.42. The van der Waals surface area contributed by atoms with Crippen molar-refractivity contribution in [1.82, 2.24) is 10.6 Å². The molecule has 150 valence electrons. The molecule has 4 rings (SSSR count). The number of carbonyl (C=O) groups is 3. The van der Waals surface area contributed by atoms with Crippen LogP contribution in [0, 0.1) is 0 Å². The third-order valence-corrected chi connectivity index (χ3v) is 5.59. The first-order valence-corrected chi connectivity index (χ1v) is 9.58. The van der Waals surface area contributed by atoms with E-state index in [1.165, 1.54) is 6.92 Å². The van der Waals surface area contributed by atoms with Crippen LogP contribution in [0.2, 0.25) is 0 Å². The van der Waals surface area contributed by atoms with Crippen molar-refractivity contribution in [1.29, 1.82) is 0 Å². The van der Waals surface area contributed by atoms with E-state index in [9.17, 15) is 14.4 Å². The summed E-state index contributed by atoms with van der Waals surface area (Å²) in [4.78, 5) is 35.6. The minimum atomic E-state index is -1.13. The number of carboxylic acids is 1. The van der Waals surface area contributed by atoms with Gasteiger partial charge in [0.1, 0.15) is 18.2 Å². The van der Waals surface area contributed by atoms with Crippen LogP contribution in [0.4, 0.5) is 4.79 Å². The fraction of sp³-hybridized carbons (Fsp3) is 0.318. The number of hydrogen-bond donors (Lipinski definition) is 3. The lowest BCUT2D eigenvalue weighted by atomic mass is 9.98. The van der Waals surface area contributed by atoms with Crippen molar-refractivity contribution in [3.8, 4) is 11.1 Å². The monoisotopic (exact) mass is 394 g/mol. The van der Waals surface area contributed by atoms with Crippen molar-refractivity contribution < 1.29 is 24.2 Å². The van der Waals surface area contributed by atoms with Gasteiger partial charge in [-0.1, -0.05) is 48.5 Å². The number of alkyl carbamates (subject to hydrolysis) is 1. The van der Waals surface area contributed by atoms with Gasteiger partial charge in [0.05, 0.1) is 0 Å². The average molecular weight is 394 g/mol. The highest BCUT2D eigenvalue weighted by atomic mass is 16.5. The van der Waals surface area contributed by atoms with Gasteiger partial charge in [-0.05, 0) is 42.0 Å². The normalized spacial score (nSPS) is 16.9. The van der Waals surface area contributed by atoms with Gasteiger partial charge in [0.25, 0.3) is 0 Å². The number of nitrogens with one attached hydrogen (secondary N) is 2. The second kappa shape index (κ2) is 7.24. The van der Waals surface area contributed by atoms with Crippen LogP contribution in [0.1, 0.15) is 36.8 Å². The Morgan fingerprint density at radius 3 is 2.14 bits per heavy atom. The molecule has 0 saturated heterocycles. The molecule has 2 aliphatic carbocycles. The molecule has 0 bridgehead atoms. The molecule has 0 aliphatic heterocycles.